The molecule has 2 aromatic carbocycles. The molecule has 0 radical (unpaired) electrons. The topological polar surface area (TPSA) is 64.1 Å². The van der Waals surface area contributed by atoms with Crippen LogP contribution >= 0.6 is 23.7 Å². The van der Waals surface area contributed by atoms with Crippen molar-refractivity contribution in [2.45, 2.75) is 6.61 Å². The first kappa shape index (κ1) is 18.6. The summed E-state index contributed by atoms with van der Waals surface area (Å²) in [5, 5.41) is 11.8. The average Bonchev–Trinajstić information content (AvgIpc) is 3.07. The second-order valence-electron chi connectivity index (χ2n) is 4.84. The Morgan fingerprint density at radius 2 is 1.72 bits per heavy atom. The lowest BCUT2D eigenvalue weighted by atomic mass is 10.2. The van der Waals surface area contributed by atoms with Gasteiger partial charge in [0.05, 0.1) is 0 Å². The summed E-state index contributed by atoms with van der Waals surface area (Å²) in [7, 11) is 0. The zero-order valence-electron chi connectivity index (χ0n) is 13.2. The summed E-state index contributed by atoms with van der Waals surface area (Å²) >= 11 is 1.29. The van der Waals surface area contributed by atoms with Crippen LogP contribution in [0.1, 0.15) is 10.6 Å². The molecule has 0 fully saturated rings. The van der Waals surface area contributed by atoms with Crippen molar-refractivity contribution < 1.29 is 9.53 Å². The molecule has 0 unspecified atom stereocenters. The Hall–Kier alpha value is -2.70. The molecule has 0 aliphatic rings. The highest BCUT2D eigenvalue weighted by molar-refractivity contribution is 7.15. The van der Waals surface area contributed by atoms with Crippen LogP contribution in [0.2, 0.25) is 0 Å². The first-order valence-electron chi connectivity index (χ1n) is 7.34. The summed E-state index contributed by atoms with van der Waals surface area (Å²) in [4.78, 5) is 11.9. The van der Waals surface area contributed by atoms with Crippen LogP contribution in [-0.4, -0.2) is 16.1 Å². The second-order valence-corrected chi connectivity index (χ2v) is 5.90. The monoisotopic (exact) mass is 373 g/mol. The quantitative estimate of drug-likeness (QED) is 0.658. The maximum Gasteiger partial charge on any atom is 0.250 e. The van der Waals surface area contributed by atoms with Crippen LogP contribution in [0.25, 0.3) is 6.08 Å². The number of carbonyl (C=O) groups excluding carboxylic acids is 1. The molecule has 7 heteroatoms. The van der Waals surface area contributed by atoms with Gasteiger partial charge in [-0.05, 0) is 23.8 Å². The van der Waals surface area contributed by atoms with Gasteiger partial charge in [-0.3, -0.25) is 10.1 Å². The molecular formula is C18H16ClN3O2S. The van der Waals surface area contributed by atoms with Crippen molar-refractivity contribution in [3.05, 3.63) is 77.3 Å². The van der Waals surface area contributed by atoms with E-state index in [-0.39, 0.29) is 18.3 Å². The molecular weight excluding hydrogens is 358 g/mol. The van der Waals surface area contributed by atoms with Crippen LogP contribution in [0, 0.1) is 0 Å². The van der Waals surface area contributed by atoms with E-state index in [2.05, 4.69) is 15.5 Å². The first-order valence-corrected chi connectivity index (χ1v) is 8.15. The molecule has 3 aromatic rings. The van der Waals surface area contributed by atoms with Crippen LogP contribution in [0.4, 0.5) is 5.13 Å². The molecule has 128 valence electrons. The van der Waals surface area contributed by atoms with Gasteiger partial charge in [0.1, 0.15) is 12.4 Å². The van der Waals surface area contributed by atoms with Crippen molar-refractivity contribution in [1.82, 2.24) is 10.2 Å². The average molecular weight is 374 g/mol. The molecule has 1 heterocycles. The van der Waals surface area contributed by atoms with Gasteiger partial charge in [-0.25, -0.2) is 0 Å². The number of aromatic nitrogens is 2. The molecule has 0 saturated heterocycles. The van der Waals surface area contributed by atoms with Gasteiger partial charge in [0.15, 0.2) is 5.01 Å². The van der Waals surface area contributed by atoms with Gasteiger partial charge in [-0.1, -0.05) is 59.9 Å². The summed E-state index contributed by atoms with van der Waals surface area (Å²) in [6, 6.07) is 19.1. The Morgan fingerprint density at radius 3 is 2.44 bits per heavy atom. The van der Waals surface area contributed by atoms with Crippen molar-refractivity contribution in [1.29, 1.82) is 0 Å². The molecule has 0 spiro atoms. The normalized spacial score (nSPS) is 10.2. The summed E-state index contributed by atoms with van der Waals surface area (Å²) < 4.78 is 5.60. The number of hydrogen-bond donors (Lipinski definition) is 1. The number of anilines is 1. The van der Waals surface area contributed by atoms with E-state index >= 15 is 0 Å². The number of ether oxygens (including phenoxy) is 1. The minimum atomic E-state index is -0.245. The third-order valence-electron chi connectivity index (χ3n) is 3.03. The fourth-order valence-electron chi connectivity index (χ4n) is 1.91. The van der Waals surface area contributed by atoms with E-state index in [1.807, 2.05) is 60.7 Å². The lowest BCUT2D eigenvalue weighted by Gasteiger charge is -2.01. The summed E-state index contributed by atoms with van der Waals surface area (Å²) in [5.41, 5.74) is 0.960. The van der Waals surface area contributed by atoms with Crippen LogP contribution in [0.5, 0.6) is 5.75 Å². The van der Waals surface area contributed by atoms with Crippen molar-refractivity contribution in [3.63, 3.8) is 0 Å². The molecule has 0 atom stereocenters. The summed E-state index contributed by atoms with van der Waals surface area (Å²) in [6.45, 7) is 0.317. The van der Waals surface area contributed by atoms with Gasteiger partial charge in [-0.2, -0.15) is 0 Å². The van der Waals surface area contributed by atoms with Crippen LogP contribution < -0.4 is 10.1 Å². The van der Waals surface area contributed by atoms with Crippen molar-refractivity contribution >= 4 is 40.9 Å². The Labute approximate surface area is 155 Å². The van der Waals surface area contributed by atoms with Crippen LogP contribution in [0.15, 0.2) is 66.7 Å². The molecule has 0 saturated carbocycles. The van der Waals surface area contributed by atoms with E-state index in [9.17, 15) is 4.79 Å². The number of nitrogens with one attached hydrogen (secondary N) is 1. The smallest absolute Gasteiger partial charge is 0.250 e. The molecule has 0 bridgehead atoms. The predicted octanol–water partition coefficient (Wildman–Crippen LogP) is 4.19. The Balaban J connectivity index is 0.00000225. The molecule has 3 rings (SSSR count). The Morgan fingerprint density at radius 1 is 1.04 bits per heavy atom. The lowest BCUT2D eigenvalue weighted by molar-refractivity contribution is -0.111. The number of nitrogens with zero attached hydrogens (tertiary/aromatic N) is 2. The van der Waals surface area contributed by atoms with E-state index in [0.717, 1.165) is 11.3 Å². The van der Waals surface area contributed by atoms with E-state index in [0.29, 0.717) is 16.7 Å². The number of para-hydroxylation sites is 1. The number of halogens is 1. The zero-order chi connectivity index (χ0) is 16.6. The third kappa shape index (κ3) is 6.02. The maximum atomic E-state index is 11.9. The number of benzene rings is 2. The van der Waals surface area contributed by atoms with Gasteiger partial charge in [0, 0.05) is 6.08 Å². The van der Waals surface area contributed by atoms with Crippen molar-refractivity contribution in [2.75, 3.05) is 5.32 Å². The SMILES string of the molecule is Cl.O=C(/C=C/c1ccccc1)Nc1nnc(COc2ccccc2)s1. The van der Waals surface area contributed by atoms with Gasteiger partial charge in [-0.15, -0.1) is 22.6 Å². The first-order chi connectivity index (χ1) is 11.8. The fourth-order valence-corrected chi connectivity index (χ4v) is 2.56. The van der Waals surface area contributed by atoms with Gasteiger partial charge < -0.3 is 4.74 Å². The number of amides is 1. The van der Waals surface area contributed by atoms with Crippen molar-refractivity contribution in [2.24, 2.45) is 0 Å². The van der Waals surface area contributed by atoms with Gasteiger partial charge >= 0.3 is 0 Å². The Bertz CT molecular complexity index is 823. The van der Waals surface area contributed by atoms with E-state index in [1.165, 1.54) is 17.4 Å². The molecule has 0 aliphatic heterocycles. The zero-order valence-corrected chi connectivity index (χ0v) is 14.8. The minimum absolute atomic E-state index is 0. The lowest BCUT2D eigenvalue weighted by Crippen LogP contribution is -2.07. The highest BCUT2D eigenvalue weighted by atomic mass is 35.5. The number of carbonyl (C=O) groups is 1. The highest BCUT2D eigenvalue weighted by Crippen LogP contribution is 2.18. The molecule has 1 aromatic heterocycles. The minimum Gasteiger partial charge on any atom is -0.486 e. The second kappa shape index (κ2) is 9.56. The fraction of sp³-hybridized carbons (Fsp3) is 0.0556. The van der Waals surface area contributed by atoms with Crippen LogP contribution in [0.3, 0.4) is 0 Å². The predicted molar refractivity (Wildman–Crippen MR) is 102 cm³/mol. The Kier molecular flexibility index (Phi) is 7.13. The standard InChI is InChI=1S/C18H15N3O2S.ClH/c22-16(12-11-14-7-3-1-4-8-14)19-18-21-20-17(24-18)13-23-15-9-5-2-6-10-15;/h1-12H,13H2,(H,19,21,22);1H/b12-11+;. The molecule has 5 nitrogen and oxygen atoms in total. The van der Waals surface area contributed by atoms with E-state index < -0.39 is 0 Å². The number of rotatable bonds is 6. The van der Waals surface area contributed by atoms with Gasteiger partial charge in [0.2, 0.25) is 11.0 Å². The van der Waals surface area contributed by atoms with E-state index in [4.69, 9.17) is 4.74 Å². The number of hydrogen-bond acceptors (Lipinski definition) is 5. The summed E-state index contributed by atoms with van der Waals surface area (Å²) in [5.74, 6) is 0.523. The highest BCUT2D eigenvalue weighted by Gasteiger charge is 2.07. The molecule has 0 aliphatic carbocycles. The molecule has 1 N–H and O–H groups in total. The molecule has 1 amide bonds. The maximum absolute atomic E-state index is 11.9. The largest absolute Gasteiger partial charge is 0.486 e. The summed E-state index contributed by atoms with van der Waals surface area (Å²) in [6.07, 6.45) is 3.21. The third-order valence-corrected chi connectivity index (χ3v) is 3.84. The van der Waals surface area contributed by atoms with Crippen molar-refractivity contribution in [3.8, 4) is 5.75 Å². The van der Waals surface area contributed by atoms with Gasteiger partial charge in [0.25, 0.3) is 0 Å². The van der Waals surface area contributed by atoms with E-state index in [1.54, 1.807) is 6.08 Å². The molecule has 25 heavy (non-hydrogen) atoms. The van der Waals surface area contributed by atoms with Crippen LogP contribution in [-0.2, 0) is 11.4 Å².